The first-order valence-corrected chi connectivity index (χ1v) is 10.4. The maximum Gasteiger partial charge on any atom is 0.255 e. The van der Waals surface area contributed by atoms with Crippen LogP contribution in [0.15, 0.2) is 77.7 Å². The second kappa shape index (κ2) is 12.1. The van der Waals surface area contributed by atoms with Gasteiger partial charge in [-0.15, -0.1) is 0 Å². The lowest BCUT2D eigenvalue weighted by atomic mass is 10.1. The van der Waals surface area contributed by atoms with Gasteiger partial charge >= 0.3 is 0 Å². The first-order valence-electron chi connectivity index (χ1n) is 10.4. The van der Waals surface area contributed by atoms with Gasteiger partial charge in [0, 0.05) is 36.3 Å². The van der Waals surface area contributed by atoms with E-state index in [1.54, 1.807) is 36.5 Å². The number of hydrogen-bond acceptors (Lipinski definition) is 5. The molecule has 0 saturated heterocycles. The number of nitrogens with one attached hydrogen (secondary N) is 3. The number of nitrogens with two attached hydrogens (primary N) is 1. The van der Waals surface area contributed by atoms with E-state index in [0.717, 1.165) is 17.0 Å². The third kappa shape index (κ3) is 8.10. The molecule has 0 fully saturated rings. The van der Waals surface area contributed by atoms with Crippen molar-refractivity contribution in [3.63, 3.8) is 0 Å². The van der Waals surface area contributed by atoms with Crippen LogP contribution in [0.25, 0.3) is 0 Å². The van der Waals surface area contributed by atoms with Crippen LogP contribution in [-0.4, -0.2) is 29.9 Å². The third-order valence-electron chi connectivity index (χ3n) is 4.42. The van der Waals surface area contributed by atoms with Crippen LogP contribution >= 0.6 is 0 Å². The number of pyridine rings is 1. The fourth-order valence-corrected chi connectivity index (χ4v) is 2.72. The van der Waals surface area contributed by atoms with E-state index in [-0.39, 0.29) is 11.8 Å². The van der Waals surface area contributed by atoms with E-state index in [4.69, 9.17) is 5.73 Å². The van der Waals surface area contributed by atoms with Gasteiger partial charge in [0.15, 0.2) is 0 Å². The van der Waals surface area contributed by atoms with Gasteiger partial charge in [-0.1, -0.05) is 23.8 Å². The quantitative estimate of drug-likeness (QED) is 0.209. The number of amides is 2. The highest BCUT2D eigenvalue weighted by atomic mass is 16.2. The minimum Gasteiger partial charge on any atom is -0.397 e. The summed E-state index contributed by atoms with van der Waals surface area (Å²) in [5, 5.41) is 8.91. The molecule has 0 spiro atoms. The molecule has 5 N–H and O–H groups in total. The van der Waals surface area contributed by atoms with Gasteiger partial charge in [0.2, 0.25) is 0 Å². The smallest absolute Gasteiger partial charge is 0.255 e. The number of aryl methyl sites for hydroxylation is 1. The van der Waals surface area contributed by atoms with Gasteiger partial charge in [-0.2, -0.15) is 0 Å². The Hall–Kier alpha value is -3.87. The van der Waals surface area contributed by atoms with Gasteiger partial charge in [0.25, 0.3) is 11.8 Å². The summed E-state index contributed by atoms with van der Waals surface area (Å²) >= 11 is 0. The van der Waals surface area contributed by atoms with E-state index in [1.807, 2.05) is 52.0 Å². The SMILES string of the molecule is CC(C)=C/C(=C\C=C(/C)NCCNC(=O)c1ccc(C)nc1)C(=O)Nc1ccccc1N. The Labute approximate surface area is 189 Å². The Bertz CT molecular complexity index is 1030. The Morgan fingerprint density at radius 3 is 2.38 bits per heavy atom. The number of nitrogens with zero attached hydrogens (tertiary/aromatic N) is 1. The lowest BCUT2D eigenvalue weighted by Crippen LogP contribution is -2.31. The van der Waals surface area contributed by atoms with Crippen molar-refractivity contribution in [2.24, 2.45) is 0 Å². The molecule has 7 heteroatoms. The van der Waals surface area contributed by atoms with E-state index in [2.05, 4.69) is 20.9 Å². The summed E-state index contributed by atoms with van der Waals surface area (Å²) in [7, 11) is 0. The predicted octanol–water partition coefficient (Wildman–Crippen LogP) is 3.73. The Balaban J connectivity index is 1.93. The molecule has 2 aromatic rings. The monoisotopic (exact) mass is 433 g/mol. The fourth-order valence-electron chi connectivity index (χ4n) is 2.72. The molecule has 0 unspecified atom stereocenters. The van der Waals surface area contributed by atoms with Crippen LogP contribution in [0.5, 0.6) is 0 Å². The van der Waals surface area contributed by atoms with Crippen LogP contribution in [0.4, 0.5) is 11.4 Å². The van der Waals surface area contributed by atoms with E-state index in [0.29, 0.717) is 35.6 Å². The van der Waals surface area contributed by atoms with Crippen molar-refractivity contribution in [1.82, 2.24) is 15.6 Å². The number of nitrogen functional groups attached to an aromatic ring is 1. The summed E-state index contributed by atoms with van der Waals surface area (Å²) in [6.07, 6.45) is 6.95. The number of para-hydroxylation sites is 2. The molecule has 0 aliphatic rings. The second-order valence-electron chi connectivity index (χ2n) is 7.61. The van der Waals surface area contributed by atoms with Gasteiger partial charge in [0.05, 0.1) is 16.9 Å². The number of allylic oxidation sites excluding steroid dienone is 4. The Kier molecular flexibility index (Phi) is 9.22. The summed E-state index contributed by atoms with van der Waals surface area (Å²) in [6.45, 7) is 8.63. The normalized spacial score (nSPS) is 11.5. The maximum absolute atomic E-state index is 12.7. The highest BCUT2D eigenvalue weighted by molar-refractivity contribution is 6.07. The van der Waals surface area contributed by atoms with Gasteiger partial charge in [-0.05, 0) is 64.1 Å². The zero-order valence-electron chi connectivity index (χ0n) is 19.0. The number of hydrogen-bond donors (Lipinski definition) is 4. The average Bonchev–Trinajstić information content (AvgIpc) is 2.75. The highest BCUT2D eigenvalue weighted by Gasteiger charge is 2.09. The summed E-state index contributed by atoms with van der Waals surface area (Å²) in [6, 6.07) is 10.7. The number of carbonyl (C=O) groups is 2. The fraction of sp³-hybridized carbons (Fsp3) is 0.240. The molecule has 0 bridgehead atoms. The molecule has 7 nitrogen and oxygen atoms in total. The Morgan fingerprint density at radius 1 is 1.00 bits per heavy atom. The molecule has 0 atom stereocenters. The molecule has 0 aliphatic heterocycles. The molecule has 32 heavy (non-hydrogen) atoms. The molecule has 2 rings (SSSR count). The molecule has 168 valence electrons. The maximum atomic E-state index is 12.7. The second-order valence-corrected chi connectivity index (χ2v) is 7.61. The van der Waals surface area contributed by atoms with E-state index >= 15 is 0 Å². The third-order valence-corrected chi connectivity index (χ3v) is 4.42. The van der Waals surface area contributed by atoms with Gasteiger partial charge in [0.1, 0.15) is 0 Å². The standard InChI is InChI=1S/C25H31N5O2/c1-17(2)15-20(25(32)30-23-8-6-5-7-22(23)26)11-9-18(3)27-13-14-28-24(31)21-12-10-19(4)29-16-21/h5-12,15-16,27H,13-14,26H2,1-4H3,(H,28,31)(H,30,32)/b18-9+,20-11+. The van der Waals surface area contributed by atoms with Crippen LogP contribution in [0, 0.1) is 6.92 Å². The molecule has 1 aromatic heterocycles. The number of anilines is 2. The first kappa shape index (κ1) is 24.4. The number of carbonyl (C=O) groups excluding carboxylic acids is 2. The van der Waals surface area contributed by atoms with Crippen LogP contribution < -0.4 is 21.7 Å². The lowest BCUT2D eigenvalue weighted by molar-refractivity contribution is -0.112. The van der Waals surface area contributed by atoms with Crippen molar-refractivity contribution < 1.29 is 9.59 Å². The van der Waals surface area contributed by atoms with Crippen molar-refractivity contribution in [3.8, 4) is 0 Å². The Morgan fingerprint density at radius 2 is 1.72 bits per heavy atom. The molecular weight excluding hydrogens is 402 g/mol. The minimum absolute atomic E-state index is 0.163. The molecular formula is C25H31N5O2. The minimum atomic E-state index is -0.243. The van der Waals surface area contributed by atoms with Crippen molar-refractivity contribution in [2.75, 3.05) is 24.1 Å². The van der Waals surface area contributed by atoms with Crippen LogP contribution in [0.3, 0.4) is 0 Å². The topological polar surface area (TPSA) is 109 Å². The molecule has 1 heterocycles. The van der Waals surface area contributed by atoms with E-state index in [9.17, 15) is 9.59 Å². The van der Waals surface area contributed by atoms with Crippen molar-refractivity contribution in [1.29, 1.82) is 0 Å². The lowest BCUT2D eigenvalue weighted by Gasteiger charge is -2.10. The number of aromatic nitrogens is 1. The van der Waals surface area contributed by atoms with Crippen molar-refractivity contribution in [3.05, 3.63) is 88.9 Å². The zero-order valence-corrected chi connectivity index (χ0v) is 19.0. The van der Waals surface area contributed by atoms with Crippen LogP contribution in [0.2, 0.25) is 0 Å². The predicted molar refractivity (Wildman–Crippen MR) is 130 cm³/mol. The van der Waals surface area contributed by atoms with Crippen LogP contribution in [0.1, 0.15) is 36.8 Å². The summed E-state index contributed by atoms with van der Waals surface area (Å²) < 4.78 is 0. The first-order chi connectivity index (χ1) is 15.3. The van der Waals surface area contributed by atoms with Gasteiger partial charge in [-0.25, -0.2) is 0 Å². The van der Waals surface area contributed by atoms with Crippen LogP contribution in [-0.2, 0) is 4.79 Å². The molecule has 0 aliphatic carbocycles. The summed E-state index contributed by atoms with van der Waals surface area (Å²) in [4.78, 5) is 29.0. The van der Waals surface area contributed by atoms with Gasteiger partial charge < -0.3 is 21.7 Å². The largest absolute Gasteiger partial charge is 0.397 e. The van der Waals surface area contributed by atoms with E-state index < -0.39 is 0 Å². The van der Waals surface area contributed by atoms with Crippen molar-refractivity contribution >= 4 is 23.2 Å². The number of rotatable bonds is 9. The molecule has 1 aromatic carbocycles. The van der Waals surface area contributed by atoms with Gasteiger partial charge in [-0.3, -0.25) is 14.6 Å². The molecule has 2 amide bonds. The average molecular weight is 434 g/mol. The van der Waals surface area contributed by atoms with E-state index in [1.165, 1.54) is 0 Å². The zero-order chi connectivity index (χ0) is 23.5. The number of benzene rings is 1. The summed E-state index contributed by atoms with van der Waals surface area (Å²) in [5.74, 6) is -0.407. The molecule has 0 saturated carbocycles. The highest BCUT2D eigenvalue weighted by Crippen LogP contribution is 2.18. The summed E-state index contributed by atoms with van der Waals surface area (Å²) in [5.41, 5.74) is 10.8. The van der Waals surface area contributed by atoms with Crippen molar-refractivity contribution in [2.45, 2.75) is 27.7 Å². The molecule has 0 radical (unpaired) electrons.